The molecule has 0 atom stereocenters. The summed E-state index contributed by atoms with van der Waals surface area (Å²) in [5.74, 6) is 1.82. The SMILES string of the molecule is COc1ccc(Cc2nc3ncc(Br)cc3[nH]2)cc1C. The molecule has 0 radical (unpaired) electrons. The lowest BCUT2D eigenvalue weighted by molar-refractivity contribution is 0.411. The number of imidazole rings is 1. The van der Waals surface area contributed by atoms with E-state index in [4.69, 9.17) is 4.74 Å². The normalized spacial score (nSPS) is 10.9. The van der Waals surface area contributed by atoms with Crippen molar-refractivity contribution >= 4 is 27.1 Å². The smallest absolute Gasteiger partial charge is 0.177 e. The number of nitrogens with one attached hydrogen (secondary N) is 1. The summed E-state index contributed by atoms with van der Waals surface area (Å²) in [5.41, 5.74) is 4.01. The van der Waals surface area contributed by atoms with E-state index in [0.29, 0.717) is 0 Å². The molecule has 0 saturated heterocycles. The zero-order valence-corrected chi connectivity index (χ0v) is 12.9. The zero-order chi connectivity index (χ0) is 14.1. The maximum absolute atomic E-state index is 5.27. The van der Waals surface area contributed by atoms with Crippen LogP contribution in [0.5, 0.6) is 5.75 Å². The van der Waals surface area contributed by atoms with E-state index in [1.807, 2.05) is 19.1 Å². The Kier molecular flexibility index (Phi) is 3.44. The second-order valence-electron chi connectivity index (χ2n) is 4.69. The summed E-state index contributed by atoms with van der Waals surface area (Å²) in [6.45, 7) is 2.04. The van der Waals surface area contributed by atoms with Crippen molar-refractivity contribution in [2.24, 2.45) is 0 Å². The van der Waals surface area contributed by atoms with Crippen LogP contribution in [-0.2, 0) is 6.42 Å². The minimum absolute atomic E-state index is 0.744. The Bertz CT molecular complexity index is 767. The maximum Gasteiger partial charge on any atom is 0.177 e. The monoisotopic (exact) mass is 331 g/mol. The molecule has 0 saturated carbocycles. The Morgan fingerprint density at radius 1 is 1.30 bits per heavy atom. The highest BCUT2D eigenvalue weighted by molar-refractivity contribution is 9.10. The lowest BCUT2D eigenvalue weighted by atomic mass is 10.1. The molecule has 3 aromatic rings. The number of pyridine rings is 1. The molecule has 0 aliphatic heterocycles. The van der Waals surface area contributed by atoms with Crippen molar-refractivity contribution < 1.29 is 4.74 Å². The summed E-state index contributed by atoms with van der Waals surface area (Å²) in [4.78, 5) is 12.1. The molecule has 0 aliphatic rings. The van der Waals surface area contributed by atoms with E-state index >= 15 is 0 Å². The molecule has 0 spiro atoms. The van der Waals surface area contributed by atoms with E-state index in [-0.39, 0.29) is 0 Å². The molecule has 2 heterocycles. The molecular formula is C15H14BrN3O. The Hall–Kier alpha value is -1.88. The number of benzene rings is 1. The van der Waals surface area contributed by atoms with E-state index in [1.54, 1.807) is 13.3 Å². The van der Waals surface area contributed by atoms with Crippen molar-refractivity contribution in [1.82, 2.24) is 15.0 Å². The van der Waals surface area contributed by atoms with Gasteiger partial charge in [-0.1, -0.05) is 12.1 Å². The number of rotatable bonds is 3. The number of fused-ring (bicyclic) bond motifs is 1. The molecular weight excluding hydrogens is 318 g/mol. The molecule has 0 bridgehead atoms. The highest BCUT2D eigenvalue weighted by atomic mass is 79.9. The molecule has 5 heteroatoms. The van der Waals surface area contributed by atoms with E-state index in [0.717, 1.165) is 39.2 Å². The van der Waals surface area contributed by atoms with Crippen LogP contribution in [-0.4, -0.2) is 22.1 Å². The fourth-order valence-corrected chi connectivity index (χ4v) is 2.58. The lowest BCUT2D eigenvalue weighted by Crippen LogP contribution is -1.93. The number of aromatic nitrogens is 3. The molecule has 0 aliphatic carbocycles. The second kappa shape index (κ2) is 5.25. The van der Waals surface area contributed by atoms with Gasteiger partial charge in [-0.15, -0.1) is 0 Å². The van der Waals surface area contributed by atoms with Crippen molar-refractivity contribution in [1.29, 1.82) is 0 Å². The van der Waals surface area contributed by atoms with Gasteiger partial charge in [0.1, 0.15) is 11.6 Å². The summed E-state index contributed by atoms with van der Waals surface area (Å²) in [7, 11) is 1.69. The first-order chi connectivity index (χ1) is 9.65. The largest absolute Gasteiger partial charge is 0.496 e. The van der Waals surface area contributed by atoms with Gasteiger partial charge in [0.2, 0.25) is 0 Å². The third kappa shape index (κ3) is 2.54. The average molecular weight is 332 g/mol. The molecule has 1 aromatic carbocycles. The van der Waals surface area contributed by atoms with Crippen molar-refractivity contribution in [3.05, 3.63) is 51.9 Å². The van der Waals surface area contributed by atoms with Crippen LogP contribution in [0.2, 0.25) is 0 Å². The number of H-pyrrole nitrogens is 1. The summed E-state index contributed by atoms with van der Waals surface area (Å²) in [6.07, 6.45) is 2.50. The Morgan fingerprint density at radius 2 is 2.15 bits per heavy atom. The topological polar surface area (TPSA) is 50.8 Å². The standard InChI is InChI=1S/C15H14BrN3O/c1-9-5-10(3-4-13(9)20-2)6-14-18-12-7-11(16)8-17-15(12)19-14/h3-5,7-8H,6H2,1-2H3,(H,17,18,19). The summed E-state index contributed by atoms with van der Waals surface area (Å²) < 4.78 is 6.22. The number of aryl methyl sites for hydroxylation is 1. The number of nitrogens with zero attached hydrogens (tertiary/aromatic N) is 2. The predicted molar refractivity (Wildman–Crippen MR) is 82.1 cm³/mol. The van der Waals surface area contributed by atoms with Crippen LogP contribution in [0.4, 0.5) is 0 Å². The van der Waals surface area contributed by atoms with Crippen molar-refractivity contribution in [3.63, 3.8) is 0 Å². The average Bonchev–Trinajstić information content (AvgIpc) is 2.80. The van der Waals surface area contributed by atoms with Gasteiger partial charge in [-0.05, 0) is 46.1 Å². The minimum Gasteiger partial charge on any atom is -0.496 e. The third-order valence-electron chi connectivity index (χ3n) is 3.18. The minimum atomic E-state index is 0.744. The number of hydrogen-bond donors (Lipinski definition) is 1. The number of methoxy groups -OCH3 is 1. The van der Waals surface area contributed by atoms with E-state index < -0.39 is 0 Å². The van der Waals surface area contributed by atoms with Gasteiger partial charge >= 0.3 is 0 Å². The van der Waals surface area contributed by atoms with Crippen LogP contribution < -0.4 is 4.74 Å². The number of aromatic amines is 1. The number of hydrogen-bond acceptors (Lipinski definition) is 3. The first-order valence-corrected chi connectivity index (χ1v) is 7.08. The van der Waals surface area contributed by atoms with Crippen LogP contribution in [0.3, 0.4) is 0 Å². The molecule has 102 valence electrons. The number of ether oxygens (including phenoxy) is 1. The molecule has 0 fully saturated rings. The third-order valence-corrected chi connectivity index (χ3v) is 3.62. The van der Waals surface area contributed by atoms with Crippen molar-refractivity contribution in [2.75, 3.05) is 7.11 Å². The zero-order valence-electron chi connectivity index (χ0n) is 11.3. The van der Waals surface area contributed by atoms with Gasteiger partial charge in [0, 0.05) is 17.1 Å². The second-order valence-corrected chi connectivity index (χ2v) is 5.60. The maximum atomic E-state index is 5.27. The van der Waals surface area contributed by atoms with Gasteiger partial charge in [0.05, 0.1) is 12.6 Å². The van der Waals surface area contributed by atoms with E-state index in [1.165, 1.54) is 5.56 Å². The number of halogens is 1. The fourth-order valence-electron chi connectivity index (χ4n) is 2.25. The lowest BCUT2D eigenvalue weighted by Gasteiger charge is -2.06. The van der Waals surface area contributed by atoms with Gasteiger partial charge in [-0.3, -0.25) is 0 Å². The summed E-state index contributed by atoms with van der Waals surface area (Å²) in [5, 5.41) is 0. The van der Waals surface area contributed by atoms with Gasteiger partial charge in [0.25, 0.3) is 0 Å². The molecule has 4 nitrogen and oxygen atoms in total. The fraction of sp³-hybridized carbons (Fsp3) is 0.200. The molecule has 20 heavy (non-hydrogen) atoms. The quantitative estimate of drug-likeness (QED) is 0.797. The van der Waals surface area contributed by atoms with Crippen LogP contribution >= 0.6 is 15.9 Å². The molecule has 3 rings (SSSR count). The van der Waals surface area contributed by atoms with Gasteiger partial charge in [-0.2, -0.15) is 0 Å². The van der Waals surface area contributed by atoms with Gasteiger partial charge in [0.15, 0.2) is 5.65 Å². The van der Waals surface area contributed by atoms with Crippen molar-refractivity contribution in [2.45, 2.75) is 13.3 Å². The van der Waals surface area contributed by atoms with E-state index in [9.17, 15) is 0 Å². The van der Waals surface area contributed by atoms with Gasteiger partial charge in [-0.25, -0.2) is 9.97 Å². The van der Waals surface area contributed by atoms with Gasteiger partial charge < -0.3 is 9.72 Å². The molecule has 2 aromatic heterocycles. The molecule has 1 N–H and O–H groups in total. The summed E-state index contributed by atoms with van der Waals surface area (Å²) in [6, 6.07) is 8.15. The Balaban J connectivity index is 1.90. The van der Waals surface area contributed by atoms with Crippen molar-refractivity contribution in [3.8, 4) is 5.75 Å². The summed E-state index contributed by atoms with van der Waals surface area (Å²) >= 11 is 3.41. The Labute approximate surface area is 125 Å². The first-order valence-electron chi connectivity index (χ1n) is 6.29. The molecule has 0 amide bonds. The highest BCUT2D eigenvalue weighted by Gasteiger charge is 2.07. The first kappa shape index (κ1) is 13.1. The van der Waals surface area contributed by atoms with Crippen LogP contribution in [0.25, 0.3) is 11.2 Å². The van der Waals surface area contributed by atoms with E-state index in [2.05, 4.69) is 43.0 Å². The Morgan fingerprint density at radius 3 is 2.90 bits per heavy atom. The molecule has 0 unspecified atom stereocenters. The van der Waals surface area contributed by atoms with Crippen LogP contribution in [0.15, 0.2) is 34.9 Å². The van der Waals surface area contributed by atoms with Crippen LogP contribution in [0, 0.1) is 6.92 Å². The predicted octanol–water partition coefficient (Wildman–Crippen LogP) is 3.63. The van der Waals surface area contributed by atoms with Crippen LogP contribution in [0.1, 0.15) is 17.0 Å². The highest BCUT2D eigenvalue weighted by Crippen LogP contribution is 2.21.